The van der Waals surface area contributed by atoms with E-state index >= 15 is 0 Å². The lowest BCUT2D eigenvalue weighted by Crippen LogP contribution is -2.36. The van der Waals surface area contributed by atoms with Crippen molar-refractivity contribution in [2.24, 2.45) is 4.99 Å². The molecule has 0 radical (unpaired) electrons. The molecule has 0 aliphatic carbocycles. The molecule has 0 spiro atoms. The van der Waals surface area contributed by atoms with Crippen LogP contribution in [-0.2, 0) is 17.8 Å². The number of methoxy groups -OCH3 is 1. The second kappa shape index (κ2) is 12.1. The van der Waals surface area contributed by atoms with Crippen LogP contribution in [0.1, 0.15) is 18.1 Å². The SMILES string of the molecule is CCNC(=NCc1ccccc1)NCc1ccc(NC(=O)OC)cc1.I. The average Bonchev–Trinajstić information content (AvgIpc) is 2.66. The Balaban J connectivity index is 0.00000338. The first-order chi connectivity index (χ1) is 12.2. The molecule has 0 aliphatic rings. The van der Waals surface area contributed by atoms with Crippen LogP contribution >= 0.6 is 24.0 Å². The lowest BCUT2D eigenvalue weighted by Gasteiger charge is -2.12. The molecular weight excluding hydrogens is 443 g/mol. The number of halogens is 1. The highest BCUT2D eigenvalue weighted by molar-refractivity contribution is 14.0. The Labute approximate surface area is 171 Å². The number of amides is 1. The van der Waals surface area contributed by atoms with Gasteiger partial charge in [0.1, 0.15) is 0 Å². The van der Waals surface area contributed by atoms with Crippen LogP contribution < -0.4 is 16.0 Å². The maximum absolute atomic E-state index is 11.2. The van der Waals surface area contributed by atoms with Gasteiger partial charge in [-0.05, 0) is 30.2 Å². The zero-order valence-electron chi connectivity index (χ0n) is 15.0. The molecule has 7 heteroatoms. The standard InChI is InChI=1S/C19H24N4O2.HI/c1-3-20-18(21-13-15-7-5-4-6-8-15)22-14-16-9-11-17(12-10-16)23-19(24)25-2;/h4-12H,3,13-14H2,1-2H3,(H,23,24)(H2,20,21,22);1H. The van der Waals surface area contributed by atoms with Crippen molar-refractivity contribution in [3.63, 3.8) is 0 Å². The van der Waals surface area contributed by atoms with Gasteiger partial charge < -0.3 is 15.4 Å². The fourth-order valence-corrected chi connectivity index (χ4v) is 2.16. The second-order valence-electron chi connectivity index (χ2n) is 5.35. The van der Waals surface area contributed by atoms with Gasteiger partial charge in [0.25, 0.3) is 0 Å². The van der Waals surface area contributed by atoms with E-state index in [1.807, 2.05) is 49.4 Å². The van der Waals surface area contributed by atoms with Crippen molar-refractivity contribution in [1.82, 2.24) is 10.6 Å². The molecule has 0 fully saturated rings. The molecule has 0 atom stereocenters. The summed E-state index contributed by atoms with van der Waals surface area (Å²) in [5, 5.41) is 9.16. The molecule has 140 valence electrons. The first-order valence-electron chi connectivity index (χ1n) is 8.21. The number of nitrogens with one attached hydrogen (secondary N) is 3. The minimum Gasteiger partial charge on any atom is -0.453 e. The predicted molar refractivity (Wildman–Crippen MR) is 116 cm³/mol. The summed E-state index contributed by atoms with van der Waals surface area (Å²) in [5.41, 5.74) is 2.94. The van der Waals surface area contributed by atoms with Crippen LogP contribution in [0.15, 0.2) is 59.6 Å². The summed E-state index contributed by atoms with van der Waals surface area (Å²) in [6, 6.07) is 17.7. The van der Waals surface area contributed by atoms with Crippen LogP contribution in [0.25, 0.3) is 0 Å². The molecule has 0 heterocycles. The monoisotopic (exact) mass is 468 g/mol. The van der Waals surface area contributed by atoms with Gasteiger partial charge in [-0.15, -0.1) is 24.0 Å². The summed E-state index contributed by atoms with van der Waals surface area (Å²) in [6.45, 7) is 4.09. The molecular formula is C19H25IN4O2. The van der Waals surface area contributed by atoms with Crippen molar-refractivity contribution < 1.29 is 9.53 Å². The Morgan fingerprint density at radius 1 is 1.00 bits per heavy atom. The van der Waals surface area contributed by atoms with E-state index in [1.165, 1.54) is 7.11 Å². The van der Waals surface area contributed by atoms with Crippen molar-refractivity contribution in [1.29, 1.82) is 0 Å². The maximum atomic E-state index is 11.2. The fraction of sp³-hybridized carbons (Fsp3) is 0.263. The molecule has 1 amide bonds. The number of hydrogen-bond donors (Lipinski definition) is 3. The van der Waals surface area contributed by atoms with Gasteiger partial charge in [-0.1, -0.05) is 42.5 Å². The number of rotatable bonds is 6. The van der Waals surface area contributed by atoms with Crippen LogP contribution in [0.4, 0.5) is 10.5 Å². The largest absolute Gasteiger partial charge is 0.453 e. The number of aliphatic imine (C=N–C) groups is 1. The van der Waals surface area contributed by atoms with E-state index in [1.54, 1.807) is 0 Å². The van der Waals surface area contributed by atoms with Crippen LogP contribution in [0.3, 0.4) is 0 Å². The third-order valence-electron chi connectivity index (χ3n) is 3.45. The first kappa shape index (κ1) is 21.8. The summed E-state index contributed by atoms with van der Waals surface area (Å²) >= 11 is 0. The number of guanidine groups is 1. The number of carbonyl (C=O) groups excluding carboxylic acids is 1. The van der Waals surface area contributed by atoms with Gasteiger partial charge in [-0.3, -0.25) is 5.32 Å². The van der Waals surface area contributed by atoms with Crippen LogP contribution in [0, 0.1) is 0 Å². The van der Waals surface area contributed by atoms with Crippen molar-refractivity contribution in [2.75, 3.05) is 19.0 Å². The highest BCUT2D eigenvalue weighted by Crippen LogP contribution is 2.09. The summed E-state index contributed by atoms with van der Waals surface area (Å²) in [6.07, 6.45) is -0.478. The number of anilines is 1. The van der Waals surface area contributed by atoms with Crippen LogP contribution in [0.5, 0.6) is 0 Å². The molecule has 0 saturated carbocycles. The maximum Gasteiger partial charge on any atom is 0.411 e. The number of hydrogen-bond acceptors (Lipinski definition) is 3. The molecule has 0 unspecified atom stereocenters. The van der Waals surface area contributed by atoms with Gasteiger partial charge in [0.2, 0.25) is 0 Å². The average molecular weight is 468 g/mol. The van der Waals surface area contributed by atoms with Crippen molar-refractivity contribution in [3.05, 3.63) is 65.7 Å². The normalized spacial score (nSPS) is 10.5. The topological polar surface area (TPSA) is 74.8 Å². The molecule has 0 bridgehead atoms. The minimum absolute atomic E-state index is 0. The Bertz CT molecular complexity index is 690. The molecule has 0 aromatic heterocycles. The smallest absolute Gasteiger partial charge is 0.411 e. The molecule has 2 aromatic carbocycles. The zero-order chi connectivity index (χ0) is 17.9. The Hall–Kier alpha value is -2.29. The van der Waals surface area contributed by atoms with E-state index in [2.05, 4.69) is 37.8 Å². The third-order valence-corrected chi connectivity index (χ3v) is 3.45. The van der Waals surface area contributed by atoms with Crippen molar-refractivity contribution in [2.45, 2.75) is 20.0 Å². The van der Waals surface area contributed by atoms with E-state index in [4.69, 9.17) is 0 Å². The van der Waals surface area contributed by atoms with Crippen LogP contribution in [-0.4, -0.2) is 25.7 Å². The molecule has 6 nitrogen and oxygen atoms in total. The van der Waals surface area contributed by atoms with E-state index < -0.39 is 6.09 Å². The summed E-state index contributed by atoms with van der Waals surface area (Å²) in [4.78, 5) is 15.8. The lowest BCUT2D eigenvalue weighted by atomic mass is 10.2. The van der Waals surface area contributed by atoms with Gasteiger partial charge >= 0.3 is 6.09 Å². The van der Waals surface area contributed by atoms with Crippen molar-refractivity contribution >= 4 is 41.7 Å². The zero-order valence-corrected chi connectivity index (χ0v) is 17.3. The van der Waals surface area contributed by atoms with E-state index in [0.717, 1.165) is 23.6 Å². The third kappa shape index (κ3) is 7.73. The molecule has 2 aromatic rings. The lowest BCUT2D eigenvalue weighted by molar-refractivity contribution is 0.187. The van der Waals surface area contributed by atoms with Crippen molar-refractivity contribution in [3.8, 4) is 0 Å². The highest BCUT2D eigenvalue weighted by atomic mass is 127. The Kier molecular flexibility index (Phi) is 10.1. The Morgan fingerprint density at radius 3 is 2.31 bits per heavy atom. The van der Waals surface area contributed by atoms with E-state index in [0.29, 0.717) is 18.8 Å². The number of benzene rings is 2. The number of carbonyl (C=O) groups is 1. The summed E-state index contributed by atoms with van der Waals surface area (Å²) < 4.78 is 4.57. The first-order valence-corrected chi connectivity index (χ1v) is 8.21. The van der Waals surface area contributed by atoms with Crippen LogP contribution in [0.2, 0.25) is 0 Å². The highest BCUT2D eigenvalue weighted by Gasteiger charge is 2.02. The second-order valence-corrected chi connectivity index (χ2v) is 5.35. The van der Waals surface area contributed by atoms with Gasteiger partial charge in [0.05, 0.1) is 13.7 Å². The molecule has 0 saturated heterocycles. The van der Waals surface area contributed by atoms with Gasteiger partial charge in [-0.25, -0.2) is 9.79 Å². The van der Waals surface area contributed by atoms with E-state index in [9.17, 15) is 4.79 Å². The molecule has 3 N–H and O–H groups in total. The predicted octanol–water partition coefficient (Wildman–Crippen LogP) is 3.74. The fourth-order valence-electron chi connectivity index (χ4n) is 2.16. The molecule has 2 rings (SSSR count). The molecule has 0 aliphatic heterocycles. The van der Waals surface area contributed by atoms with Gasteiger partial charge in [-0.2, -0.15) is 0 Å². The molecule has 26 heavy (non-hydrogen) atoms. The van der Waals surface area contributed by atoms with E-state index in [-0.39, 0.29) is 24.0 Å². The number of nitrogens with zero attached hydrogens (tertiary/aromatic N) is 1. The summed E-state index contributed by atoms with van der Waals surface area (Å²) in [7, 11) is 1.34. The minimum atomic E-state index is -0.478. The Morgan fingerprint density at radius 2 is 1.69 bits per heavy atom. The van der Waals surface area contributed by atoms with Gasteiger partial charge in [0, 0.05) is 18.8 Å². The quantitative estimate of drug-likeness (QED) is 0.343. The number of ether oxygens (including phenoxy) is 1. The van der Waals surface area contributed by atoms with Gasteiger partial charge in [0.15, 0.2) is 5.96 Å². The summed E-state index contributed by atoms with van der Waals surface area (Å²) in [5.74, 6) is 0.767.